The summed E-state index contributed by atoms with van der Waals surface area (Å²) in [5.74, 6) is 6.34. The van der Waals surface area contributed by atoms with Gasteiger partial charge >= 0.3 is 0 Å². The van der Waals surface area contributed by atoms with Gasteiger partial charge in [-0.05, 0) is 38.1 Å². The van der Waals surface area contributed by atoms with Crippen LogP contribution in [0.1, 0.15) is 41.6 Å². The number of carbonyl (C=O) groups is 1. The third kappa shape index (κ3) is 5.14. The minimum absolute atomic E-state index is 0.0769. The number of hydrogen-bond acceptors (Lipinski definition) is 7. The van der Waals surface area contributed by atoms with Crippen LogP contribution < -0.4 is 27.7 Å². The third-order valence-electron chi connectivity index (χ3n) is 5.82. The van der Waals surface area contributed by atoms with Gasteiger partial charge in [-0.2, -0.15) is 5.10 Å². The molecule has 194 valence electrons. The molecule has 6 N–H and O–H groups in total. The fourth-order valence-electron chi connectivity index (χ4n) is 4.13. The Balaban J connectivity index is 1.85. The lowest BCUT2D eigenvalue weighted by atomic mass is 10.1. The minimum Gasteiger partial charge on any atom is -0.381 e. The molecule has 0 saturated carbocycles. The molecule has 0 saturated heterocycles. The van der Waals surface area contributed by atoms with E-state index in [1.54, 1.807) is 57.3 Å². The molecule has 38 heavy (non-hydrogen) atoms. The number of nitrogens with zero attached hydrogens (tertiary/aromatic N) is 4. The third-order valence-corrected chi connectivity index (χ3v) is 5.82. The molecule has 2 atom stereocenters. The number of rotatable bonds is 7. The first-order valence-electron chi connectivity index (χ1n) is 12.1. The predicted octanol–water partition coefficient (Wildman–Crippen LogP) is 2.49. The summed E-state index contributed by atoms with van der Waals surface area (Å²) in [6.07, 6.45) is 1.66. The molecule has 4 rings (SSSR count). The zero-order valence-electron chi connectivity index (χ0n) is 21.5. The Hall–Kier alpha value is -4.88. The molecule has 10 heteroatoms. The largest absolute Gasteiger partial charge is 0.381 e. The van der Waals surface area contributed by atoms with Gasteiger partial charge in [-0.1, -0.05) is 42.2 Å². The molecule has 0 bridgehead atoms. The lowest BCUT2D eigenvalue weighted by Gasteiger charge is -2.20. The van der Waals surface area contributed by atoms with Crippen molar-refractivity contribution in [3.05, 3.63) is 88.5 Å². The van der Waals surface area contributed by atoms with E-state index in [1.807, 2.05) is 18.2 Å². The molecule has 0 fully saturated rings. The van der Waals surface area contributed by atoms with Crippen LogP contribution in [-0.2, 0) is 7.05 Å². The molecule has 0 aliphatic rings. The van der Waals surface area contributed by atoms with Crippen molar-refractivity contribution in [2.45, 2.75) is 25.9 Å². The van der Waals surface area contributed by atoms with Crippen molar-refractivity contribution in [1.82, 2.24) is 24.6 Å². The monoisotopic (exact) mass is 510 g/mol. The summed E-state index contributed by atoms with van der Waals surface area (Å²) >= 11 is 0. The normalized spacial score (nSPS) is 12.3. The molecule has 2 heterocycles. The van der Waals surface area contributed by atoms with E-state index in [-0.39, 0.29) is 23.0 Å². The fraction of sp³-hybridized carbons (Fsp3) is 0.214. The van der Waals surface area contributed by atoms with E-state index in [0.29, 0.717) is 40.3 Å². The molecule has 10 nitrogen and oxygen atoms in total. The second kappa shape index (κ2) is 11.0. The Bertz CT molecular complexity index is 1620. The van der Waals surface area contributed by atoms with Gasteiger partial charge < -0.3 is 22.1 Å². The van der Waals surface area contributed by atoms with Crippen LogP contribution in [0.15, 0.2) is 66.0 Å². The van der Waals surface area contributed by atoms with Crippen molar-refractivity contribution < 1.29 is 4.79 Å². The molecule has 0 aliphatic heterocycles. The lowest BCUT2D eigenvalue weighted by Crippen LogP contribution is -2.34. The Morgan fingerprint density at radius 2 is 1.92 bits per heavy atom. The quantitative estimate of drug-likeness (QED) is 0.221. The number of fused-ring (bicyclic) bond motifs is 1. The summed E-state index contributed by atoms with van der Waals surface area (Å²) in [4.78, 5) is 32.2. The average molecular weight is 511 g/mol. The number of para-hydroxylation sites is 1. The van der Waals surface area contributed by atoms with E-state index in [4.69, 9.17) is 16.5 Å². The molecule has 1 amide bonds. The van der Waals surface area contributed by atoms with Crippen LogP contribution in [0.4, 0.5) is 11.6 Å². The Morgan fingerprint density at radius 1 is 1.18 bits per heavy atom. The number of amides is 1. The second-order valence-electron chi connectivity index (χ2n) is 8.80. The van der Waals surface area contributed by atoms with Gasteiger partial charge in [0.15, 0.2) is 5.82 Å². The maximum atomic E-state index is 14.0. The van der Waals surface area contributed by atoms with Crippen molar-refractivity contribution >= 4 is 28.4 Å². The molecule has 0 aliphatic carbocycles. The molecule has 0 radical (unpaired) electrons. The first-order chi connectivity index (χ1) is 18.2. The highest BCUT2D eigenvalue weighted by atomic mass is 16.2. The van der Waals surface area contributed by atoms with Gasteiger partial charge in [0.05, 0.1) is 28.7 Å². The van der Waals surface area contributed by atoms with E-state index in [2.05, 4.69) is 34.2 Å². The number of aromatic nitrogens is 4. The first kappa shape index (κ1) is 26.2. The second-order valence-corrected chi connectivity index (χ2v) is 8.80. The summed E-state index contributed by atoms with van der Waals surface area (Å²) in [6.45, 7) is 7.64. The van der Waals surface area contributed by atoms with Crippen LogP contribution in [0.25, 0.3) is 16.6 Å². The predicted molar refractivity (Wildman–Crippen MR) is 150 cm³/mol. The van der Waals surface area contributed by atoms with Crippen molar-refractivity contribution in [2.24, 2.45) is 12.8 Å². The van der Waals surface area contributed by atoms with Gasteiger partial charge in [0, 0.05) is 19.2 Å². The number of aryl methyl sites for hydroxylation is 1. The van der Waals surface area contributed by atoms with E-state index >= 15 is 0 Å². The maximum Gasteiger partial charge on any atom is 0.267 e. The van der Waals surface area contributed by atoms with Crippen LogP contribution in [0.2, 0.25) is 0 Å². The molecular weight excluding hydrogens is 480 g/mol. The zero-order chi connectivity index (χ0) is 27.4. The molecule has 2 aromatic heterocycles. The first-order valence-corrected chi connectivity index (χ1v) is 12.1. The van der Waals surface area contributed by atoms with Crippen LogP contribution in [0, 0.1) is 11.8 Å². The summed E-state index contributed by atoms with van der Waals surface area (Å²) < 4.78 is 2.99. The highest BCUT2D eigenvalue weighted by Gasteiger charge is 2.25. The highest BCUT2D eigenvalue weighted by Crippen LogP contribution is 2.24. The number of hydrogen-bond donors (Lipinski definition) is 4. The summed E-state index contributed by atoms with van der Waals surface area (Å²) in [5, 5.41) is 10.6. The summed E-state index contributed by atoms with van der Waals surface area (Å²) in [5.41, 5.74) is 13.4. The van der Waals surface area contributed by atoms with E-state index in [1.165, 1.54) is 9.25 Å². The summed E-state index contributed by atoms with van der Waals surface area (Å²) in [6, 6.07) is 13.4. The standard InChI is InChI=1S/C28H30N8O2/c1-5-16-31-26-23(24(30)34-35(26)4)27(37)32-18(3)25-33-21-13-9-10-19(15-14-17(2)29)22(21)28(38)36(25)20-11-7-6-8-12-20/h5-13,17-18,31H,1,16,29H2,2-4H3,(H2,30,34)(H,32,37). The maximum absolute atomic E-state index is 14.0. The van der Waals surface area contributed by atoms with Gasteiger partial charge in [-0.25, -0.2) is 4.98 Å². The smallest absolute Gasteiger partial charge is 0.267 e. The number of carbonyl (C=O) groups excluding carboxylic acids is 1. The highest BCUT2D eigenvalue weighted by molar-refractivity contribution is 6.03. The van der Waals surface area contributed by atoms with Crippen LogP contribution in [0.5, 0.6) is 0 Å². The zero-order valence-corrected chi connectivity index (χ0v) is 21.5. The van der Waals surface area contributed by atoms with E-state index in [9.17, 15) is 9.59 Å². The van der Waals surface area contributed by atoms with Gasteiger partial charge in [0.2, 0.25) is 0 Å². The van der Waals surface area contributed by atoms with Gasteiger partial charge in [0.1, 0.15) is 17.2 Å². The number of nitrogen functional groups attached to an aromatic ring is 1. The van der Waals surface area contributed by atoms with Crippen molar-refractivity contribution in [3.8, 4) is 17.5 Å². The van der Waals surface area contributed by atoms with E-state index in [0.717, 1.165) is 0 Å². The summed E-state index contributed by atoms with van der Waals surface area (Å²) in [7, 11) is 1.69. The van der Waals surface area contributed by atoms with Crippen LogP contribution in [0.3, 0.4) is 0 Å². The van der Waals surface area contributed by atoms with Crippen molar-refractivity contribution in [1.29, 1.82) is 0 Å². The minimum atomic E-state index is -0.675. The van der Waals surface area contributed by atoms with Crippen LogP contribution >= 0.6 is 0 Å². The Labute approximate surface area is 220 Å². The number of nitrogens with two attached hydrogens (primary N) is 2. The number of anilines is 2. The van der Waals surface area contributed by atoms with Gasteiger partial charge in [-0.3, -0.25) is 18.8 Å². The Morgan fingerprint density at radius 3 is 2.61 bits per heavy atom. The molecule has 0 spiro atoms. The number of nitrogens with one attached hydrogen (secondary N) is 2. The van der Waals surface area contributed by atoms with Crippen molar-refractivity contribution in [3.63, 3.8) is 0 Å². The van der Waals surface area contributed by atoms with Gasteiger partial charge in [0.25, 0.3) is 11.5 Å². The number of benzene rings is 2. The fourth-order valence-corrected chi connectivity index (χ4v) is 4.13. The molecule has 2 unspecified atom stereocenters. The molecule has 2 aromatic carbocycles. The topological polar surface area (TPSA) is 146 Å². The lowest BCUT2D eigenvalue weighted by molar-refractivity contribution is 0.0939. The average Bonchev–Trinajstić information content (AvgIpc) is 3.18. The van der Waals surface area contributed by atoms with Gasteiger partial charge in [-0.15, -0.1) is 6.58 Å². The molecular formula is C28H30N8O2. The van der Waals surface area contributed by atoms with E-state index < -0.39 is 11.9 Å². The SMILES string of the molecule is C=CCNc1c(C(=O)NC(C)c2nc3cccc(C#CC(C)N)c3c(=O)n2-c2ccccc2)c(N)nn1C. The molecule has 4 aromatic rings. The Kier molecular flexibility index (Phi) is 7.60. The van der Waals surface area contributed by atoms with Crippen LogP contribution in [-0.4, -0.2) is 37.8 Å². The van der Waals surface area contributed by atoms with Crippen molar-refractivity contribution in [2.75, 3.05) is 17.6 Å².